The summed E-state index contributed by atoms with van der Waals surface area (Å²) in [5.74, 6) is 1.09. The Morgan fingerprint density at radius 2 is 1.95 bits per heavy atom. The summed E-state index contributed by atoms with van der Waals surface area (Å²) in [4.78, 5) is 13.1. The molecule has 5 nitrogen and oxygen atoms in total. The topological polar surface area (TPSA) is 99.7 Å². The molecule has 0 unspecified atom stereocenters. The van der Waals surface area contributed by atoms with Crippen molar-refractivity contribution >= 4 is 32.7 Å². The van der Waals surface area contributed by atoms with E-state index in [2.05, 4.69) is 30.9 Å². The standard InChI is InChI=1S/C14H11BrN4.H3N/c1-8-5-11-12(7-17-8)18-14(19-13(11)16)9-3-2-4-10(15)6-9;/h2-7H,1H3,(H2,16,18,19);1H3. The zero-order valence-electron chi connectivity index (χ0n) is 11.0. The Hall–Kier alpha value is -2.05. The van der Waals surface area contributed by atoms with Crippen LogP contribution in [0.5, 0.6) is 0 Å². The van der Waals surface area contributed by atoms with Gasteiger partial charge in [0.1, 0.15) is 5.82 Å². The number of nitrogens with zero attached hydrogens (tertiary/aromatic N) is 3. The van der Waals surface area contributed by atoms with Gasteiger partial charge in [-0.2, -0.15) is 0 Å². The van der Waals surface area contributed by atoms with E-state index in [1.807, 2.05) is 37.3 Å². The highest BCUT2D eigenvalue weighted by Crippen LogP contribution is 2.24. The van der Waals surface area contributed by atoms with Gasteiger partial charge in [0.15, 0.2) is 5.82 Å². The van der Waals surface area contributed by atoms with Crippen molar-refractivity contribution in [2.45, 2.75) is 6.92 Å². The summed E-state index contributed by atoms with van der Waals surface area (Å²) in [7, 11) is 0. The largest absolute Gasteiger partial charge is 0.383 e. The van der Waals surface area contributed by atoms with Crippen LogP contribution >= 0.6 is 15.9 Å². The molecule has 0 saturated heterocycles. The number of nitrogens with two attached hydrogens (primary N) is 1. The first kappa shape index (κ1) is 14.4. The van der Waals surface area contributed by atoms with E-state index in [9.17, 15) is 0 Å². The number of aryl methyl sites for hydroxylation is 1. The number of fused-ring (bicyclic) bond motifs is 1. The van der Waals surface area contributed by atoms with Gasteiger partial charge in [-0.15, -0.1) is 0 Å². The third kappa shape index (κ3) is 2.61. The summed E-state index contributed by atoms with van der Waals surface area (Å²) in [6.07, 6.45) is 1.73. The lowest BCUT2D eigenvalue weighted by Crippen LogP contribution is -1.99. The fourth-order valence-electron chi connectivity index (χ4n) is 1.92. The molecule has 0 spiro atoms. The molecule has 3 aromatic rings. The second-order valence-electron chi connectivity index (χ2n) is 4.29. The molecule has 0 atom stereocenters. The lowest BCUT2D eigenvalue weighted by molar-refractivity contribution is 1.18. The van der Waals surface area contributed by atoms with Gasteiger partial charge in [0.2, 0.25) is 0 Å². The van der Waals surface area contributed by atoms with Crippen molar-refractivity contribution in [1.29, 1.82) is 0 Å². The number of halogens is 1. The molecule has 0 bridgehead atoms. The van der Waals surface area contributed by atoms with Crippen LogP contribution < -0.4 is 11.9 Å². The molecule has 2 aromatic heterocycles. The van der Waals surface area contributed by atoms with Gasteiger partial charge in [-0.05, 0) is 25.1 Å². The Bertz CT molecular complexity index is 773. The van der Waals surface area contributed by atoms with Crippen LogP contribution in [-0.4, -0.2) is 15.0 Å². The highest BCUT2D eigenvalue weighted by atomic mass is 79.9. The van der Waals surface area contributed by atoms with Crippen LogP contribution in [0.15, 0.2) is 41.0 Å². The maximum atomic E-state index is 6.01. The Balaban J connectivity index is 0.00000147. The molecular weight excluding hydrogens is 318 g/mol. The molecule has 0 radical (unpaired) electrons. The van der Waals surface area contributed by atoms with E-state index < -0.39 is 0 Å². The van der Waals surface area contributed by atoms with Gasteiger partial charge in [0.05, 0.1) is 11.7 Å². The number of aromatic nitrogens is 3. The van der Waals surface area contributed by atoms with E-state index in [0.717, 1.165) is 26.6 Å². The van der Waals surface area contributed by atoms with Crippen molar-refractivity contribution in [3.8, 4) is 11.4 Å². The lowest BCUT2D eigenvalue weighted by Gasteiger charge is -2.06. The van der Waals surface area contributed by atoms with E-state index in [1.54, 1.807) is 6.20 Å². The van der Waals surface area contributed by atoms with Crippen molar-refractivity contribution in [3.63, 3.8) is 0 Å². The molecule has 5 N–H and O–H groups in total. The summed E-state index contributed by atoms with van der Waals surface area (Å²) >= 11 is 3.44. The van der Waals surface area contributed by atoms with Crippen molar-refractivity contribution in [2.24, 2.45) is 0 Å². The fraction of sp³-hybridized carbons (Fsp3) is 0.0714. The van der Waals surface area contributed by atoms with Crippen molar-refractivity contribution < 1.29 is 0 Å². The van der Waals surface area contributed by atoms with Crippen LogP contribution in [0.4, 0.5) is 5.82 Å². The normalized spacial score (nSPS) is 10.3. The predicted octanol–water partition coefficient (Wildman–Crippen LogP) is 3.51. The molecule has 0 saturated carbocycles. The SMILES string of the molecule is Cc1cc2c(N)nc(-c3cccc(Br)c3)nc2cn1.N. The van der Waals surface area contributed by atoms with Gasteiger partial charge in [0, 0.05) is 21.1 Å². The zero-order chi connectivity index (χ0) is 13.4. The highest BCUT2D eigenvalue weighted by Gasteiger charge is 2.08. The molecule has 20 heavy (non-hydrogen) atoms. The van der Waals surface area contributed by atoms with Crippen LogP contribution in [0.2, 0.25) is 0 Å². The first-order valence-corrected chi connectivity index (χ1v) is 6.58. The molecule has 3 rings (SSSR count). The molecule has 2 heterocycles. The Labute approximate surface area is 125 Å². The Morgan fingerprint density at radius 3 is 2.70 bits per heavy atom. The first-order valence-electron chi connectivity index (χ1n) is 5.79. The minimum Gasteiger partial charge on any atom is -0.383 e. The average Bonchev–Trinajstić information content (AvgIpc) is 2.39. The maximum Gasteiger partial charge on any atom is 0.162 e. The number of hydrogen-bond donors (Lipinski definition) is 2. The molecule has 0 aliphatic heterocycles. The molecule has 0 amide bonds. The average molecular weight is 332 g/mol. The number of anilines is 1. The quantitative estimate of drug-likeness (QED) is 0.710. The third-order valence-corrected chi connectivity index (χ3v) is 3.32. The molecule has 0 aliphatic rings. The van der Waals surface area contributed by atoms with Gasteiger partial charge in [-0.25, -0.2) is 9.97 Å². The minimum atomic E-state index is 0. The summed E-state index contributed by atoms with van der Waals surface area (Å²) in [6, 6.07) is 9.71. The fourth-order valence-corrected chi connectivity index (χ4v) is 2.32. The van der Waals surface area contributed by atoms with Crippen LogP contribution in [-0.2, 0) is 0 Å². The third-order valence-electron chi connectivity index (χ3n) is 2.83. The van der Waals surface area contributed by atoms with Gasteiger partial charge < -0.3 is 11.9 Å². The molecular formula is C14H14BrN5. The number of pyridine rings is 1. The van der Waals surface area contributed by atoms with Gasteiger partial charge in [-0.1, -0.05) is 28.1 Å². The van der Waals surface area contributed by atoms with Crippen LogP contribution in [0, 0.1) is 6.92 Å². The van der Waals surface area contributed by atoms with Crippen LogP contribution in [0.25, 0.3) is 22.3 Å². The maximum absolute atomic E-state index is 6.01. The van der Waals surface area contributed by atoms with Crippen LogP contribution in [0.1, 0.15) is 5.69 Å². The molecule has 0 fully saturated rings. The van der Waals surface area contributed by atoms with Crippen LogP contribution in [0.3, 0.4) is 0 Å². The molecule has 0 aliphatic carbocycles. The van der Waals surface area contributed by atoms with Gasteiger partial charge in [0.25, 0.3) is 0 Å². The van der Waals surface area contributed by atoms with E-state index in [1.165, 1.54) is 0 Å². The Morgan fingerprint density at radius 1 is 1.15 bits per heavy atom. The van der Waals surface area contributed by atoms with E-state index in [4.69, 9.17) is 5.73 Å². The second-order valence-corrected chi connectivity index (χ2v) is 5.20. The number of nitrogen functional groups attached to an aromatic ring is 1. The second kappa shape index (κ2) is 5.52. The summed E-state index contributed by atoms with van der Waals surface area (Å²) < 4.78 is 0.981. The first-order chi connectivity index (χ1) is 9.13. The molecule has 102 valence electrons. The number of hydrogen-bond acceptors (Lipinski definition) is 5. The highest BCUT2D eigenvalue weighted by molar-refractivity contribution is 9.10. The molecule has 6 heteroatoms. The van der Waals surface area contributed by atoms with E-state index >= 15 is 0 Å². The van der Waals surface area contributed by atoms with Gasteiger partial charge in [-0.3, -0.25) is 4.98 Å². The monoisotopic (exact) mass is 331 g/mol. The minimum absolute atomic E-state index is 0. The smallest absolute Gasteiger partial charge is 0.162 e. The number of benzene rings is 1. The van der Waals surface area contributed by atoms with Crippen molar-refractivity contribution in [3.05, 3.63) is 46.7 Å². The Kier molecular flexibility index (Phi) is 3.96. The zero-order valence-corrected chi connectivity index (χ0v) is 12.6. The summed E-state index contributed by atoms with van der Waals surface area (Å²) in [5, 5.41) is 0.839. The molecule has 1 aromatic carbocycles. The summed E-state index contributed by atoms with van der Waals surface area (Å²) in [6.45, 7) is 1.92. The van der Waals surface area contributed by atoms with Crippen molar-refractivity contribution in [2.75, 3.05) is 5.73 Å². The van der Waals surface area contributed by atoms with Crippen molar-refractivity contribution in [1.82, 2.24) is 21.1 Å². The van der Waals surface area contributed by atoms with Gasteiger partial charge >= 0.3 is 0 Å². The van der Waals surface area contributed by atoms with E-state index in [-0.39, 0.29) is 6.15 Å². The summed E-state index contributed by atoms with van der Waals surface area (Å²) in [5.41, 5.74) is 8.59. The number of rotatable bonds is 1. The van der Waals surface area contributed by atoms with E-state index in [0.29, 0.717) is 11.6 Å². The lowest BCUT2D eigenvalue weighted by atomic mass is 10.2. The predicted molar refractivity (Wildman–Crippen MR) is 84.6 cm³/mol.